The monoisotopic (exact) mass is 341 g/mol. The first-order chi connectivity index (χ1) is 12.0. The number of hydrogen-bond acceptors (Lipinski definition) is 3. The minimum atomic E-state index is -0.305. The molecule has 0 saturated heterocycles. The number of anilines is 1. The Labute approximate surface area is 147 Å². The third-order valence-corrected chi connectivity index (χ3v) is 3.80. The van der Waals surface area contributed by atoms with Crippen molar-refractivity contribution in [1.82, 2.24) is 10.2 Å². The van der Waals surface area contributed by atoms with Crippen LogP contribution in [0.1, 0.15) is 18.1 Å². The van der Waals surface area contributed by atoms with Gasteiger partial charge in [0.15, 0.2) is 0 Å². The number of carbonyl (C=O) groups excluding carboxylic acids is 2. The quantitative estimate of drug-likeness (QED) is 0.848. The molecule has 0 spiro atoms. The number of urea groups is 1. The molecule has 0 unspecified atom stereocenters. The molecule has 0 bridgehead atoms. The van der Waals surface area contributed by atoms with Gasteiger partial charge in [0, 0.05) is 32.7 Å². The van der Waals surface area contributed by atoms with Gasteiger partial charge in [0.25, 0.3) is 0 Å². The van der Waals surface area contributed by atoms with Crippen molar-refractivity contribution < 1.29 is 14.3 Å². The molecule has 2 aromatic rings. The molecule has 0 saturated carbocycles. The molecule has 0 aliphatic carbocycles. The second-order valence-electron chi connectivity index (χ2n) is 5.69. The maximum absolute atomic E-state index is 12.2. The average molecular weight is 341 g/mol. The van der Waals surface area contributed by atoms with Crippen molar-refractivity contribution in [2.24, 2.45) is 0 Å². The summed E-state index contributed by atoms with van der Waals surface area (Å²) < 4.78 is 5.17. The predicted octanol–water partition coefficient (Wildman–Crippen LogP) is 3.00. The van der Waals surface area contributed by atoms with Crippen LogP contribution in [0.3, 0.4) is 0 Å². The molecule has 0 atom stereocenters. The Bertz CT molecular complexity index is 746. The first kappa shape index (κ1) is 18.3. The Kier molecular flexibility index (Phi) is 6.39. The van der Waals surface area contributed by atoms with Gasteiger partial charge in [0.05, 0.1) is 7.11 Å². The maximum atomic E-state index is 12.2. The molecule has 0 aliphatic rings. The Morgan fingerprint density at radius 1 is 1.12 bits per heavy atom. The maximum Gasteiger partial charge on any atom is 0.319 e. The Morgan fingerprint density at radius 2 is 1.88 bits per heavy atom. The lowest BCUT2D eigenvalue weighted by Gasteiger charge is -2.18. The van der Waals surface area contributed by atoms with Crippen molar-refractivity contribution in [3.05, 3.63) is 59.7 Å². The normalized spacial score (nSPS) is 10.0. The summed E-state index contributed by atoms with van der Waals surface area (Å²) in [7, 11) is 3.33. The molecule has 0 aromatic heterocycles. The van der Waals surface area contributed by atoms with E-state index < -0.39 is 0 Å². The van der Waals surface area contributed by atoms with Crippen molar-refractivity contribution in [3.63, 3.8) is 0 Å². The number of nitrogens with zero attached hydrogens (tertiary/aromatic N) is 1. The zero-order valence-electron chi connectivity index (χ0n) is 14.7. The second kappa shape index (κ2) is 8.73. The van der Waals surface area contributed by atoms with Gasteiger partial charge in [0.2, 0.25) is 5.91 Å². The van der Waals surface area contributed by atoms with Crippen LogP contribution >= 0.6 is 0 Å². The molecule has 2 aromatic carbocycles. The Morgan fingerprint density at radius 3 is 2.60 bits per heavy atom. The Balaban J connectivity index is 1.97. The van der Waals surface area contributed by atoms with Gasteiger partial charge in [-0.15, -0.1) is 0 Å². The van der Waals surface area contributed by atoms with Gasteiger partial charge in [0.1, 0.15) is 5.75 Å². The largest absolute Gasteiger partial charge is 0.497 e. The number of nitrogens with one attached hydrogen (secondary N) is 2. The van der Waals surface area contributed by atoms with E-state index in [4.69, 9.17) is 4.74 Å². The summed E-state index contributed by atoms with van der Waals surface area (Å²) in [5, 5.41) is 5.65. The van der Waals surface area contributed by atoms with Crippen LogP contribution in [0.5, 0.6) is 5.75 Å². The molecule has 0 aliphatic heterocycles. The summed E-state index contributed by atoms with van der Waals surface area (Å²) in [6.07, 6.45) is 0. The van der Waals surface area contributed by atoms with Crippen molar-refractivity contribution in [2.75, 3.05) is 19.5 Å². The second-order valence-corrected chi connectivity index (χ2v) is 5.69. The highest BCUT2D eigenvalue weighted by molar-refractivity contribution is 5.90. The molecule has 132 valence electrons. The molecular formula is C19H23N3O3. The first-order valence-electron chi connectivity index (χ1n) is 7.97. The van der Waals surface area contributed by atoms with E-state index in [0.717, 1.165) is 16.9 Å². The first-order valence-corrected chi connectivity index (χ1v) is 7.97. The lowest BCUT2D eigenvalue weighted by atomic mass is 10.1. The minimum Gasteiger partial charge on any atom is -0.497 e. The SMILES string of the molecule is COc1cccc(CNC(=O)Nc2ccccc2CN(C)C(C)=O)c1. The highest BCUT2D eigenvalue weighted by Crippen LogP contribution is 2.17. The van der Waals surface area contributed by atoms with E-state index in [9.17, 15) is 9.59 Å². The van der Waals surface area contributed by atoms with E-state index in [1.807, 2.05) is 48.5 Å². The number of hydrogen-bond donors (Lipinski definition) is 2. The number of carbonyl (C=O) groups is 2. The van der Waals surface area contributed by atoms with Crippen molar-refractivity contribution in [3.8, 4) is 5.75 Å². The average Bonchev–Trinajstić information content (AvgIpc) is 2.61. The molecule has 6 nitrogen and oxygen atoms in total. The smallest absolute Gasteiger partial charge is 0.319 e. The van der Waals surface area contributed by atoms with Crippen molar-refractivity contribution in [1.29, 1.82) is 0 Å². The molecule has 0 radical (unpaired) electrons. The van der Waals surface area contributed by atoms with Gasteiger partial charge < -0.3 is 20.3 Å². The summed E-state index contributed by atoms with van der Waals surface area (Å²) >= 11 is 0. The van der Waals surface area contributed by atoms with E-state index in [2.05, 4.69) is 10.6 Å². The summed E-state index contributed by atoms with van der Waals surface area (Å²) in [6.45, 7) is 2.33. The summed E-state index contributed by atoms with van der Waals surface area (Å²) in [5.74, 6) is 0.717. The fourth-order valence-electron chi connectivity index (χ4n) is 2.28. The third kappa shape index (κ3) is 5.53. The number of ether oxygens (including phenoxy) is 1. The fourth-order valence-corrected chi connectivity index (χ4v) is 2.28. The van der Waals surface area contributed by atoms with Gasteiger partial charge in [-0.3, -0.25) is 4.79 Å². The van der Waals surface area contributed by atoms with Crippen molar-refractivity contribution >= 4 is 17.6 Å². The topological polar surface area (TPSA) is 70.7 Å². The van der Waals surface area contributed by atoms with Gasteiger partial charge in [-0.1, -0.05) is 30.3 Å². The zero-order valence-corrected chi connectivity index (χ0v) is 14.7. The zero-order chi connectivity index (χ0) is 18.2. The minimum absolute atomic E-state index is 0.0303. The van der Waals surface area contributed by atoms with Crippen LogP contribution in [0, 0.1) is 0 Å². The lowest BCUT2D eigenvalue weighted by Crippen LogP contribution is -2.29. The summed E-state index contributed by atoms with van der Waals surface area (Å²) in [5.41, 5.74) is 2.49. The van der Waals surface area contributed by atoms with Gasteiger partial charge in [-0.2, -0.15) is 0 Å². The number of para-hydroxylation sites is 1. The van der Waals surface area contributed by atoms with E-state index in [1.54, 1.807) is 19.1 Å². The van der Waals surface area contributed by atoms with Crippen LogP contribution in [0.25, 0.3) is 0 Å². The van der Waals surface area contributed by atoms with Crippen LogP contribution in [-0.4, -0.2) is 31.0 Å². The third-order valence-electron chi connectivity index (χ3n) is 3.80. The number of amides is 3. The molecule has 2 N–H and O–H groups in total. The van der Waals surface area contributed by atoms with Crippen LogP contribution < -0.4 is 15.4 Å². The number of benzene rings is 2. The Hall–Kier alpha value is -3.02. The fraction of sp³-hybridized carbons (Fsp3) is 0.263. The van der Waals surface area contributed by atoms with E-state index in [1.165, 1.54) is 6.92 Å². The molecule has 6 heteroatoms. The predicted molar refractivity (Wildman–Crippen MR) is 97.4 cm³/mol. The number of methoxy groups -OCH3 is 1. The summed E-state index contributed by atoms with van der Waals surface area (Å²) in [6, 6.07) is 14.6. The van der Waals surface area contributed by atoms with Crippen molar-refractivity contribution in [2.45, 2.75) is 20.0 Å². The van der Waals surface area contributed by atoms with Crippen LogP contribution in [0.4, 0.5) is 10.5 Å². The highest BCUT2D eigenvalue weighted by atomic mass is 16.5. The van der Waals surface area contributed by atoms with E-state index in [0.29, 0.717) is 18.8 Å². The van der Waals surface area contributed by atoms with Gasteiger partial charge >= 0.3 is 6.03 Å². The van der Waals surface area contributed by atoms with Gasteiger partial charge in [-0.05, 0) is 29.3 Å². The molecule has 0 heterocycles. The molecule has 3 amide bonds. The molecular weight excluding hydrogens is 318 g/mol. The molecule has 0 fully saturated rings. The number of rotatable bonds is 6. The van der Waals surface area contributed by atoms with E-state index >= 15 is 0 Å². The molecule has 25 heavy (non-hydrogen) atoms. The van der Waals surface area contributed by atoms with E-state index in [-0.39, 0.29) is 11.9 Å². The van der Waals surface area contributed by atoms with Crippen LogP contribution in [0.2, 0.25) is 0 Å². The van der Waals surface area contributed by atoms with Crippen LogP contribution in [-0.2, 0) is 17.9 Å². The lowest BCUT2D eigenvalue weighted by molar-refractivity contribution is -0.128. The van der Waals surface area contributed by atoms with Crippen LogP contribution in [0.15, 0.2) is 48.5 Å². The van der Waals surface area contributed by atoms with Gasteiger partial charge in [-0.25, -0.2) is 4.79 Å². The molecule has 2 rings (SSSR count). The summed E-state index contributed by atoms with van der Waals surface area (Å²) in [4.78, 5) is 25.2. The highest BCUT2D eigenvalue weighted by Gasteiger charge is 2.10. The standard InChI is InChI=1S/C19H23N3O3/c1-14(23)22(2)13-16-8-4-5-10-18(16)21-19(24)20-12-15-7-6-9-17(11-15)25-3/h4-11H,12-13H2,1-3H3,(H2,20,21,24).